The number of halogens is 4. The molecule has 0 radical (unpaired) electrons. The normalized spacial score (nSPS) is 11.8. The number of rotatable bonds is 4. The Morgan fingerprint density at radius 1 is 1.38 bits per heavy atom. The van der Waals surface area contributed by atoms with Gasteiger partial charge in [-0.1, -0.05) is 29.3 Å². The van der Waals surface area contributed by atoms with Gasteiger partial charge in [-0.25, -0.2) is 4.39 Å². The maximum absolute atomic E-state index is 13.6. The highest BCUT2D eigenvalue weighted by molar-refractivity contribution is 6.33. The molecule has 0 saturated heterocycles. The van der Waals surface area contributed by atoms with Gasteiger partial charge in [0.05, 0.1) is 5.02 Å². The van der Waals surface area contributed by atoms with E-state index in [0.29, 0.717) is 17.9 Å². The maximum Gasteiger partial charge on any atom is 0.148 e. The molecule has 0 aliphatic carbocycles. The highest BCUT2D eigenvalue weighted by atomic mass is 35.5. The Kier molecular flexibility index (Phi) is 7.00. The molecule has 2 N–H and O–H groups in total. The van der Waals surface area contributed by atoms with Crippen LogP contribution in [0.15, 0.2) is 24.8 Å². The first-order valence-electron chi connectivity index (χ1n) is 4.57. The molecular weight excluding hydrogens is 271 g/mol. The molecule has 0 fully saturated rings. The van der Waals surface area contributed by atoms with Crippen LogP contribution in [0.3, 0.4) is 0 Å². The molecule has 0 unspecified atom stereocenters. The maximum atomic E-state index is 13.6. The summed E-state index contributed by atoms with van der Waals surface area (Å²) < 4.78 is 13.6. The lowest BCUT2D eigenvalue weighted by molar-refractivity contribution is 0.567. The van der Waals surface area contributed by atoms with Crippen molar-refractivity contribution < 1.29 is 4.39 Å². The van der Waals surface area contributed by atoms with Gasteiger partial charge >= 0.3 is 0 Å². The number of allylic oxidation sites excluding steroid dienone is 1. The van der Waals surface area contributed by atoms with Crippen molar-refractivity contribution in [2.24, 2.45) is 5.73 Å². The smallest absolute Gasteiger partial charge is 0.148 e. The SMILES string of the molecule is C=CCC[C@@H](N)c1c(Cl)ccc(Cl)c1F.Cl. The Labute approximate surface area is 111 Å². The lowest BCUT2D eigenvalue weighted by Crippen LogP contribution is -2.12. The van der Waals surface area contributed by atoms with Crippen molar-refractivity contribution in [2.75, 3.05) is 0 Å². The lowest BCUT2D eigenvalue weighted by Gasteiger charge is -2.14. The topological polar surface area (TPSA) is 26.0 Å². The summed E-state index contributed by atoms with van der Waals surface area (Å²) in [4.78, 5) is 0. The van der Waals surface area contributed by atoms with Crippen molar-refractivity contribution >= 4 is 35.6 Å². The molecule has 16 heavy (non-hydrogen) atoms. The van der Waals surface area contributed by atoms with Crippen molar-refractivity contribution in [1.82, 2.24) is 0 Å². The summed E-state index contributed by atoms with van der Waals surface area (Å²) in [5.74, 6) is -0.527. The fourth-order valence-electron chi connectivity index (χ4n) is 1.32. The molecule has 0 heterocycles. The summed E-state index contributed by atoms with van der Waals surface area (Å²) in [6.45, 7) is 3.58. The largest absolute Gasteiger partial charge is 0.324 e. The van der Waals surface area contributed by atoms with Gasteiger partial charge in [0.15, 0.2) is 0 Å². The van der Waals surface area contributed by atoms with E-state index in [0.717, 1.165) is 0 Å². The molecule has 0 amide bonds. The van der Waals surface area contributed by atoms with Crippen LogP contribution in [0.1, 0.15) is 24.4 Å². The fraction of sp³-hybridized carbons (Fsp3) is 0.273. The van der Waals surface area contributed by atoms with E-state index in [-0.39, 0.29) is 23.0 Å². The van der Waals surface area contributed by atoms with Crippen molar-refractivity contribution in [3.05, 3.63) is 46.2 Å². The first-order chi connectivity index (χ1) is 7.07. The molecule has 1 nitrogen and oxygen atoms in total. The summed E-state index contributed by atoms with van der Waals surface area (Å²) in [6.07, 6.45) is 3.04. The van der Waals surface area contributed by atoms with Gasteiger partial charge in [-0.3, -0.25) is 0 Å². The summed E-state index contributed by atoms with van der Waals surface area (Å²) in [6, 6.07) is 2.52. The molecule has 1 atom stereocenters. The number of hydrogen-bond acceptors (Lipinski definition) is 1. The van der Waals surface area contributed by atoms with Crippen molar-refractivity contribution in [1.29, 1.82) is 0 Å². The summed E-state index contributed by atoms with van der Waals surface area (Å²) in [7, 11) is 0. The summed E-state index contributed by atoms with van der Waals surface area (Å²) in [5.41, 5.74) is 6.10. The second-order valence-corrected chi connectivity index (χ2v) is 4.04. The first kappa shape index (κ1) is 15.7. The first-order valence-corrected chi connectivity index (χ1v) is 5.33. The molecule has 5 heteroatoms. The van der Waals surface area contributed by atoms with Gasteiger partial charge in [0.2, 0.25) is 0 Å². The second kappa shape index (κ2) is 7.13. The van der Waals surface area contributed by atoms with Gasteiger partial charge in [-0.2, -0.15) is 0 Å². The van der Waals surface area contributed by atoms with Crippen LogP contribution in [-0.4, -0.2) is 0 Å². The minimum atomic E-state index is -0.527. The Hall–Kier alpha value is -0.280. The van der Waals surface area contributed by atoms with Crippen molar-refractivity contribution in [2.45, 2.75) is 18.9 Å². The van der Waals surface area contributed by atoms with Gasteiger partial charge in [-0.15, -0.1) is 19.0 Å². The number of benzene rings is 1. The lowest BCUT2D eigenvalue weighted by atomic mass is 10.0. The van der Waals surface area contributed by atoms with Crippen LogP contribution in [0.4, 0.5) is 4.39 Å². The summed E-state index contributed by atoms with van der Waals surface area (Å²) in [5, 5.41) is 0.358. The van der Waals surface area contributed by atoms with E-state index in [1.165, 1.54) is 6.07 Å². The molecule has 1 rings (SSSR count). The van der Waals surface area contributed by atoms with E-state index in [4.69, 9.17) is 28.9 Å². The third-order valence-corrected chi connectivity index (χ3v) is 2.75. The predicted molar refractivity (Wildman–Crippen MR) is 70.0 cm³/mol. The molecule has 0 aliphatic heterocycles. The molecule has 0 spiro atoms. The zero-order valence-electron chi connectivity index (χ0n) is 8.55. The molecular formula is C11H13Cl3FN. The van der Waals surface area contributed by atoms with Gasteiger partial charge in [-0.05, 0) is 25.0 Å². The van der Waals surface area contributed by atoms with Crippen molar-refractivity contribution in [3.63, 3.8) is 0 Å². The molecule has 0 saturated carbocycles. The van der Waals surface area contributed by atoms with E-state index < -0.39 is 11.9 Å². The third kappa shape index (κ3) is 3.63. The van der Waals surface area contributed by atoms with Gasteiger partial charge in [0.1, 0.15) is 5.82 Å². The van der Waals surface area contributed by atoms with E-state index in [1.54, 1.807) is 12.1 Å². The second-order valence-electron chi connectivity index (χ2n) is 3.23. The number of hydrogen-bond donors (Lipinski definition) is 1. The average molecular weight is 285 g/mol. The zero-order valence-corrected chi connectivity index (χ0v) is 10.9. The van der Waals surface area contributed by atoms with E-state index in [9.17, 15) is 4.39 Å². The molecule has 0 bridgehead atoms. The van der Waals surface area contributed by atoms with Crippen LogP contribution in [0.5, 0.6) is 0 Å². The Morgan fingerprint density at radius 2 is 1.94 bits per heavy atom. The van der Waals surface area contributed by atoms with Crippen LogP contribution in [0.2, 0.25) is 10.0 Å². The van der Waals surface area contributed by atoms with Crippen LogP contribution >= 0.6 is 35.6 Å². The fourth-order valence-corrected chi connectivity index (χ4v) is 1.78. The van der Waals surface area contributed by atoms with Crippen molar-refractivity contribution in [3.8, 4) is 0 Å². The average Bonchev–Trinajstić information content (AvgIpc) is 2.21. The van der Waals surface area contributed by atoms with Crippen LogP contribution in [0.25, 0.3) is 0 Å². The number of nitrogens with two attached hydrogens (primary N) is 1. The van der Waals surface area contributed by atoms with E-state index >= 15 is 0 Å². The van der Waals surface area contributed by atoms with Crippen LogP contribution in [-0.2, 0) is 0 Å². The quantitative estimate of drug-likeness (QED) is 0.638. The monoisotopic (exact) mass is 283 g/mol. The Bertz CT molecular complexity index is 368. The minimum Gasteiger partial charge on any atom is -0.324 e. The standard InChI is InChI=1S/C11H12Cl2FN.ClH/c1-2-3-4-9(15)10-7(12)5-6-8(13)11(10)14;/h2,5-6,9H,1,3-4,15H2;1H/t9-;/m1./s1. The molecule has 90 valence electrons. The minimum absolute atomic E-state index is 0. The molecule has 1 aromatic rings. The molecule has 1 aromatic carbocycles. The Balaban J connectivity index is 0.00000225. The zero-order chi connectivity index (χ0) is 11.4. The van der Waals surface area contributed by atoms with Gasteiger partial charge < -0.3 is 5.73 Å². The molecule has 0 aromatic heterocycles. The summed E-state index contributed by atoms with van der Waals surface area (Å²) >= 11 is 11.5. The predicted octanol–water partition coefficient (Wildman–Crippen LogP) is 4.52. The van der Waals surface area contributed by atoms with Crippen LogP contribution < -0.4 is 5.73 Å². The highest BCUT2D eigenvalue weighted by Crippen LogP contribution is 2.31. The van der Waals surface area contributed by atoms with Gasteiger partial charge in [0, 0.05) is 16.6 Å². The highest BCUT2D eigenvalue weighted by Gasteiger charge is 2.17. The van der Waals surface area contributed by atoms with Gasteiger partial charge in [0.25, 0.3) is 0 Å². The van der Waals surface area contributed by atoms with E-state index in [1.807, 2.05) is 0 Å². The van der Waals surface area contributed by atoms with Crippen LogP contribution in [0, 0.1) is 5.82 Å². The van der Waals surface area contributed by atoms with E-state index in [2.05, 4.69) is 6.58 Å². The Morgan fingerprint density at radius 3 is 2.50 bits per heavy atom. The third-order valence-electron chi connectivity index (χ3n) is 2.13. The molecule has 0 aliphatic rings.